The molecule has 0 atom stereocenters. The number of nitrogens with one attached hydrogen (secondary N) is 1. The number of hydrogen-bond acceptors (Lipinski definition) is 3. The van der Waals surface area contributed by atoms with Crippen LogP contribution in [0.4, 0.5) is 10.5 Å². The molecular formula is C16H21N5O. The zero-order valence-electron chi connectivity index (χ0n) is 13.3. The minimum atomic E-state index is -0.677. The van der Waals surface area contributed by atoms with Crippen molar-refractivity contribution in [1.82, 2.24) is 9.99 Å². The Bertz CT molecular complexity index is 698. The molecule has 0 saturated heterocycles. The second kappa shape index (κ2) is 6.34. The lowest BCUT2D eigenvalue weighted by molar-refractivity contribution is 0.249. The number of rotatable bonds is 4. The number of hydrogen-bond donors (Lipinski definition) is 2. The molecule has 0 aliphatic rings. The number of nitrogens with zero attached hydrogens (tertiary/aromatic N) is 3. The summed E-state index contributed by atoms with van der Waals surface area (Å²) in [6.45, 7) is 4.05. The van der Waals surface area contributed by atoms with Crippen molar-refractivity contribution in [2.75, 3.05) is 19.0 Å². The number of primary amides is 1. The molecule has 1 aromatic carbocycles. The molecule has 116 valence electrons. The van der Waals surface area contributed by atoms with Crippen molar-refractivity contribution in [2.45, 2.75) is 13.8 Å². The Morgan fingerprint density at radius 1 is 1.27 bits per heavy atom. The van der Waals surface area contributed by atoms with E-state index in [2.05, 4.69) is 44.3 Å². The number of carbonyl (C=O) groups excluding carboxylic acids is 1. The fourth-order valence-electron chi connectivity index (χ4n) is 2.38. The van der Waals surface area contributed by atoms with Gasteiger partial charge in [0.1, 0.15) is 0 Å². The topological polar surface area (TPSA) is 75.6 Å². The molecule has 2 rings (SSSR count). The second-order valence-electron chi connectivity index (χ2n) is 5.31. The number of carbonyl (C=O) groups is 1. The summed E-state index contributed by atoms with van der Waals surface area (Å²) in [6.07, 6.45) is 1.60. The molecule has 6 heteroatoms. The maximum absolute atomic E-state index is 10.6. The van der Waals surface area contributed by atoms with E-state index in [1.54, 1.807) is 6.21 Å². The van der Waals surface area contributed by atoms with E-state index >= 15 is 0 Å². The van der Waals surface area contributed by atoms with E-state index in [1.165, 1.54) is 0 Å². The van der Waals surface area contributed by atoms with E-state index in [1.807, 2.05) is 34.0 Å². The van der Waals surface area contributed by atoms with Gasteiger partial charge in [0.2, 0.25) is 0 Å². The van der Waals surface area contributed by atoms with Gasteiger partial charge in [-0.15, -0.1) is 0 Å². The van der Waals surface area contributed by atoms with Crippen molar-refractivity contribution in [3.8, 4) is 5.69 Å². The molecule has 2 aromatic rings. The lowest BCUT2D eigenvalue weighted by Crippen LogP contribution is -2.24. The fourth-order valence-corrected chi connectivity index (χ4v) is 2.38. The molecule has 0 aliphatic heterocycles. The minimum absolute atomic E-state index is 0.677. The highest BCUT2D eigenvalue weighted by atomic mass is 16.2. The van der Waals surface area contributed by atoms with Crippen molar-refractivity contribution >= 4 is 17.9 Å². The van der Waals surface area contributed by atoms with Gasteiger partial charge >= 0.3 is 6.03 Å². The van der Waals surface area contributed by atoms with Crippen LogP contribution < -0.4 is 16.1 Å². The number of hydrazone groups is 1. The number of urea groups is 1. The van der Waals surface area contributed by atoms with Gasteiger partial charge in [0, 0.05) is 42.4 Å². The number of aromatic nitrogens is 1. The van der Waals surface area contributed by atoms with E-state index in [0.717, 1.165) is 28.3 Å². The van der Waals surface area contributed by atoms with Gasteiger partial charge in [0.15, 0.2) is 0 Å². The predicted molar refractivity (Wildman–Crippen MR) is 89.9 cm³/mol. The molecule has 0 fully saturated rings. The SMILES string of the molecule is Cc1cc(/C=N\NC(N)=O)c(C)n1-c1ccc(N(C)C)cc1. The maximum Gasteiger partial charge on any atom is 0.332 e. The highest BCUT2D eigenvalue weighted by Crippen LogP contribution is 2.22. The van der Waals surface area contributed by atoms with E-state index in [-0.39, 0.29) is 0 Å². The number of anilines is 1. The van der Waals surface area contributed by atoms with Crippen molar-refractivity contribution in [1.29, 1.82) is 0 Å². The summed E-state index contributed by atoms with van der Waals surface area (Å²) in [4.78, 5) is 12.7. The van der Waals surface area contributed by atoms with Crippen LogP contribution >= 0.6 is 0 Å². The second-order valence-corrected chi connectivity index (χ2v) is 5.31. The minimum Gasteiger partial charge on any atom is -0.378 e. The Hall–Kier alpha value is -2.76. The highest BCUT2D eigenvalue weighted by molar-refractivity contribution is 5.83. The Balaban J connectivity index is 2.33. The summed E-state index contributed by atoms with van der Waals surface area (Å²) in [5, 5.41) is 3.82. The lowest BCUT2D eigenvalue weighted by Gasteiger charge is -2.14. The molecule has 0 bridgehead atoms. The number of aryl methyl sites for hydroxylation is 1. The van der Waals surface area contributed by atoms with Crippen LogP contribution in [0, 0.1) is 13.8 Å². The molecule has 1 aromatic heterocycles. The van der Waals surface area contributed by atoms with Crippen molar-refractivity contribution in [3.05, 3.63) is 47.3 Å². The summed E-state index contributed by atoms with van der Waals surface area (Å²) in [7, 11) is 4.03. The largest absolute Gasteiger partial charge is 0.378 e. The van der Waals surface area contributed by atoms with Gasteiger partial charge in [-0.1, -0.05) is 0 Å². The van der Waals surface area contributed by atoms with Crippen LogP contribution in [0.3, 0.4) is 0 Å². The summed E-state index contributed by atoms with van der Waals surface area (Å²) < 4.78 is 2.14. The summed E-state index contributed by atoms with van der Waals surface area (Å²) in [5.41, 5.74) is 12.5. The summed E-state index contributed by atoms with van der Waals surface area (Å²) in [5.74, 6) is 0. The van der Waals surface area contributed by atoms with E-state index in [9.17, 15) is 4.79 Å². The van der Waals surface area contributed by atoms with Crippen LogP contribution in [-0.4, -0.2) is 30.9 Å². The third kappa shape index (κ3) is 3.28. The molecular weight excluding hydrogens is 278 g/mol. The van der Waals surface area contributed by atoms with Crippen molar-refractivity contribution in [2.24, 2.45) is 10.8 Å². The Morgan fingerprint density at radius 3 is 2.45 bits per heavy atom. The standard InChI is InChI=1S/C16H21N5O/c1-11-9-13(10-18-19-16(17)22)12(2)21(11)15-7-5-14(6-8-15)20(3)4/h5-10H,1-4H3,(H3,17,19,22)/b18-10-. The smallest absolute Gasteiger partial charge is 0.332 e. The monoisotopic (exact) mass is 299 g/mol. The average Bonchev–Trinajstić information content (AvgIpc) is 2.73. The van der Waals surface area contributed by atoms with Crippen LogP contribution in [0.15, 0.2) is 35.4 Å². The first-order valence-electron chi connectivity index (χ1n) is 6.95. The maximum atomic E-state index is 10.6. The van der Waals surface area contributed by atoms with E-state index in [4.69, 9.17) is 5.73 Å². The molecule has 1 heterocycles. The summed E-state index contributed by atoms with van der Waals surface area (Å²) >= 11 is 0. The number of benzene rings is 1. The van der Waals surface area contributed by atoms with Crippen molar-refractivity contribution in [3.63, 3.8) is 0 Å². The van der Waals surface area contributed by atoms with Crippen molar-refractivity contribution < 1.29 is 4.79 Å². The Kier molecular flexibility index (Phi) is 4.50. The van der Waals surface area contributed by atoms with E-state index < -0.39 is 6.03 Å². The fraction of sp³-hybridized carbons (Fsp3) is 0.250. The third-order valence-electron chi connectivity index (χ3n) is 3.47. The zero-order chi connectivity index (χ0) is 16.3. The molecule has 0 unspecified atom stereocenters. The molecule has 6 nitrogen and oxygen atoms in total. The van der Waals surface area contributed by atoms with Gasteiger partial charge in [-0.05, 0) is 44.2 Å². The van der Waals surface area contributed by atoms with Gasteiger partial charge in [0.05, 0.1) is 6.21 Å². The first kappa shape index (κ1) is 15.6. The number of nitrogens with two attached hydrogens (primary N) is 1. The van der Waals surface area contributed by atoms with E-state index in [0.29, 0.717) is 0 Å². The average molecular weight is 299 g/mol. The highest BCUT2D eigenvalue weighted by Gasteiger charge is 2.09. The first-order valence-corrected chi connectivity index (χ1v) is 6.95. The molecule has 0 spiro atoms. The molecule has 0 radical (unpaired) electrons. The number of amides is 2. The molecule has 3 N–H and O–H groups in total. The molecule has 22 heavy (non-hydrogen) atoms. The van der Waals surface area contributed by atoms with Gasteiger partial charge in [-0.3, -0.25) is 0 Å². The Labute approximate surface area is 130 Å². The van der Waals surface area contributed by atoms with Gasteiger partial charge in [0.25, 0.3) is 0 Å². The quantitative estimate of drug-likeness (QED) is 0.670. The van der Waals surface area contributed by atoms with Gasteiger partial charge < -0.3 is 15.2 Å². The first-order chi connectivity index (χ1) is 10.4. The molecule has 2 amide bonds. The zero-order valence-corrected chi connectivity index (χ0v) is 13.3. The normalized spacial score (nSPS) is 10.9. The predicted octanol–water partition coefficient (Wildman–Crippen LogP) is 2.16. The van der Waals surface area contributed by atoms with Crippen LogP contribution in [0.5, 0.6) is 0 Å². The van der Waals surface area contributed by atoms with Gasteiger partial charge in [-0.2, -0.15) is 5.10 Å². The molecule has 0 aliphatic carbocycles. The Morgan fingerprint density at radius 2 is 1.91 bits per heavy atom. The summed E-state index contributed by atoms with van der Waals surface area (Å²) in [6, 6.07) is 9.66. The van der Waals surface area contributed by atoms with Crippen LogP contribution in [-0.2, 0) is 0 Å². The third-order valence-corrected chi connectivity index (χ3v) is 3.47. The van der Waals surface area contributed by atoms with Crippen LogP contribution in [0.25, 0.3) is 5.69 Å². The van der Waals surface area contributed by atoms with Crippen LogP contribution in [0.2, 0.25) is 0 Å². The van der Waals surface area contributed by atoms with Crippen LogP contribution in [0.1, 0.15) is 17.0 Å². The van der Waals surface area contributed by atoms with Gasteiger partial charge in [-0.25, -0.2) is 10.2 Å². The molecule has 0 saturated carbocycles. The lowest BCUT2D eigenvalue weighted by atomic mass is 10.2.